The van der Waals surface area contributed by atoms with E-state index in [1.165, 1.54) is 6.92 Å². The third kappa shape index (κ3) is 3.54. The number of ether oxygens (including phenoxy) is 3. The van der Waals surface area contributed by atoms with E-state index in [9.17, 15) is 4.79 Å². The molecule has 1 N–H and O–H groups in total. The highest BCUT2D eigenvalue weighted by molar-refractivity contribution is 5.91. The average molecular weight is 352 g/mol. The molecule has 1 amide bonds. The first kappa shape index (κ1) is 17.5. The first-order valence-corrected chi connectivity index (χ1v) is 8.11. The number of amides is 1. The fourth-order valence-corrected chi connectivity index (χ4v) is 2.83. The van der Waals surface area contributed by atoms with Crippen LogP contribution in [0.1, 0.15) is 12.5 Å². The van der Waals surface area contributed by atoms with Gasteiger partial charge in [0.15, 0.2) is 5.75 Å². The van der Waals surface area contributed by atoms with Crippen LogP contribution >= 0.6 is 0 Å². The van der Waals surface area contributed by atoms with Crippen molar-refractivity contribution in [3.8, 4) is 17.2 Å². The van der Waals surface area contributed by atoms with Gasteiger partial charge in [-0.3, -0.25) is 9.78 Å². The Labute approximate surface area is 151 Å². The van der Waals surface area contributed by atoms with Gasteiger partial charge in [0.05, 0.1) is 25.5 Å². The van der Waals surface area contributed by atoms with Crippen LogP contribution in [-0.4, -0.2) is 25.1 Å². The summed E-state index contributed by atoms with van der Waals surface area (Å²) in [7, 11) is 3.13. The Kier molecular flexibility index (Phi) is 5.22. The van der Waals surface area contributed by atoms with Gasteiger partial charge in [0.25, 0.3) is 0 Å². The molecule has 2 aromatic carbocycles. The SMILES string of the molecule is COc1ccc(NC(C)=O)c(OC)c1COc1cccc2cnccc12. The number of nitrogens with zero attached hydrogens (tertiary/aromatic N) is 1. The zero-order chi connectivity index (χ0) is 18.5. The van der Waals surface area contributed by atoms with Gasteiger partial charge >= 0.3 is 0 Å². The minimum atomic E-state index is -0.179. The molecule has 0 fully saturated rings. The Morgan fingerprint density at radius 2 is 1.92 bits per heavy atom. The van der Waals surface area contributed by atoms with Crippen LogP contribution in [0.2, 0.25) is 0 Å². The van der Waals surface area contributed by atoms with Crippen molar-refractivity contribution in [1.82, 2.24) is 4.98 Å². The van der Waals surface area contributed by atoms with E-state index >= 15 is 0 Å². The second-order valence-electron chi connectivity index (χ2n) is 5.65. The molecule has 26 heavy (non-hydrogen) atoms. The maximum atomic E-state index is 11.4. The lowest BCUT2D eigenvalue weighted by Crippen LogP contribution is -2.10. The first-order chi connectivity index (χ1) is 12.6. The van der Waals surface area contributed by atoms with Crippen molar-refractivity contribution in [3.63, 3.8) is 0 Å². The highest BCUT2D eigenvalue weighted by Crippen LogP contribution is 2.37. The number of hydrogen-bond acceptors (Lipinski definition) is 5. The minimum absolute atomic E-state index is 0.179. The Balaban J connectivity index is 1.96. The van der Waals surface area contributed by atoms with E-state index in [2.05, 4.69) is 10.3 Å². The van der Waals surface area contributed by atoms with E-state index in [1.807, 2.05) is 24.3 Å². The molecule has 6 heteroatoms. The van der Waals surface area contributed by atoms with Crippen molar-refractivity contribution < 1.29 is 19.0 Å². The molecule has 0 unspecified atom stereocenters. The third-order valence-corrected chi connectivity index (χ3v) is 3.97. The number of rotatable bonds is 6. The van der Waals surface area contributed by atoms with E-state index in [0.717, 1.165) is 16.5 Å². The maximum Gasteiger partial charge on any atom is 0.221 e. The molecule has 134 valence electrons. The smallest absolute Gasteiger partial charge is 0.221 e. The summed E-state index contributed by atoms with van der Waals surface area (Å²) in [4.78, 5) is 15.6. The third-order valence-electron chi connectivity index (χ3n) is 3.97. The van der Waals surface area contributed by atoms with E-state index in [0.29, 0.717) is 22.7 Å². The molecule has 0 aliphatic heterocycles. The zero-order valence-corrected chi connectivity index (χ0v) is 14.9. The van der Waals surface area contributed by atoms with Crippen molar-refractivity contribution in [3.05, 3.63) is 54.4 Å². The van der Waals surface area contributed by atoms with E-state index in [1.54, 1.807) is 38.7 Å². The number of aromatic nitrogens is 1. The van der Waals surface area contributed by atoms with Crippen LogP contribution in [0.15, 0.2) is 48.8 Å². The second-order valence-corrected chi connectivity index (χ2v) is 5.65. The average Bonchev–Trinajstić information content (AvgIpc) is 2.65. The quantitative estimate of drug-likeness (QED) is 0.731. The predicted molar refractivity (Wildman–Crippen MR) is 99.9 cm³/mol. The van der Waals surface area contributed by atoms with Crippen molar-refractivity contribution in [2.45, 2.75) is 13.5 Å². The number of nitrogens with one attached hydrogen (secondary N) is 1. The lowest BCUT2D eigenvalue weighted by Gasteiger charge is -2.18. The fourth-order valence-electron chi connectivity index (χ4n) is 2.83. The first-order valence-electron chi connectivity index (χ1n) is 8.11. The number of anilines is 1. The molecule has 0 aliphatic carbocycles. The van der Waals surface area contributed by atoms with Crippen LogP contribution in [0.25, 0.3) is 10.8 Å². The zero-order valence-electron chi connectivity index (χ0n) is 14.9. The maximum absolute atomic E-state index is 11.4. The largest absolute Gasteiger partial charge is 0.496 e. The highest BCUT2D eigenvalue weighted by atomic mass is 16.5. The molecule has 3 aromatic rings. The van der Waals surface area contributed by atoms with E-state index in [4.69, 9.17) is 14.2 Å². The van der Waals surface area contributed by atoms with Crippen molar-refractivity contribution in [2.75, 3.05) is 19.5 Å². The molecule has 3 rings (SSSR count). The van der Waals surface area contributed by atoms with Gasteiger partial charge in [0, 0.05) is 30.1 Å². The Bertz CT molecular complexity index is 935. The molecule has 6 nitrogen and oxygen atoms in total. The summed E-state index contributed by atoms with van der Waals surface area (Å²) in [6, 6.07) is 11.2. The molecule has 0 saturated carbocycles. The summed E-state index contributed by atoms with van der Waals surface area (Å²) in [5.74, 6) is 1.69. The van der Waals surface area contributed by atoms with E-state index in [-0.39, 0.29) is 12.5 Å². The van der Waals surface area contributed by atoms with Crippen LogP contribution in [0, 0.1) is 0 Å². The molecule has 0 spiro atoms. The van der Waals surface area contributed by atoms with Gasteiger partial charge in [-0.05, 0) is 24.3 Å². The normalized spacial score (nSPS) is 10.4. The Hall–Kier alpha value is -3.28. The number of carbonyl (C=O) groups excluding carboxylic acids is 1. The molecule has 0 bridgehead atoms. The van der Waals surface area contributed by atoms with Crippen LogP contribution in [-0.2, 0) is 11.4 Å². The van der Waals surface area contributed by atoms with Crippen LogP contribution < -0.4 is 19.5 Å². The van der Waals surface area contributed by atoms with Gasteiger partial charge in [0.2, 0.25) is 5.91 Å². The number of fused-ring (bicyclic) bond motifs is 1. The summed E-state index contributed by atoms with van der Waals surface area (Å²) >= 11 is 0. The predicted octanol–water partition coefficient (Wildman–Crippen LogP) is 3.79. The second kappa shape index (κ2) is 7.74. The van der Waals surface area contributed by atoms with Crippen LogP contribution in [0.4, 0.5) is 5.69 Å². The number of hydrogen-bond donors (Lipinski definition) is 1. The molecular formula is C20H20N2O4. The molecule has 0 radical (unpaired) electrons. The molecule has 0 saturated heterocycles. The van der Waals surface area contributed by atoms with Gasteiger partial charge < -0.3 is 19.5 Å². The fraction of sp³-hybridized carbons (Fsp3) is 0.200. The number of pyridine rings is 1. The molecular weight excluding hydrogens is 332 g/mol. The summed E-state index contributed by atoms with van der Waals surface area (Å²) < 4.78 is 17.0. The molecule has 0 atom stereocenters. The molecule has 1 heterocycles. The topological polar surface area (TPSA) is 69.7 Å². The van der Waals surface area contributed by atoms with Crippen molar-refractivity contribution in [1.29, 1.82) is 0 Å². The molecule has 1 aromatic heterocycles. The number of methoxy groups -OCH3 is 2. The highest BCUT2D eigenvalue weighted by Gasteiger charge is 2.17. The summed E-state index contributed by atoms with van der Waals surface area (Å²) in [5.41, 5.74) is 1.29. The van der Waals surface area contributed by atoms with Gasteiger partial charge in [0.1, 0.15) is 18.1 Å². The number of carbonyl (C=O) groups is 1. The Morgan fingerprint density at radius 1 is 1.08 bits per heavy atom. The van der Waals surface area contributed by atoms with Gasteiger partial charge in [-0.1, -0.05) is 12.1 Å². The van der Waals surface area contributed by atoms with Crippen molar-refractivity contribution in [2.24, 2.45) is 0 Å². The van der Waals surface area contributed by atoms with Crippen LogP contribution in [0.5, 0.6) is 17.2 Å². The van der Waals surface area contributed by atoms with Gasteiger partial charge in [-0.15, -0.1) is 0 Å². The Morgan fingerprint density at radius 3 is 2.65 bits per heavy atom. The summed E-state index contributed by atoms with van der Waals surface area (Å²) in [6.45, 7) is 1.67. The lowest BCUT2D eigenvalue weighted by atomic mass is 10.1. The summed E-state index contributed by atoms with van der Waals surface area (Å²) in [5, 5.41) is 4.73. The number of benzene rings is 2. The summed E-state index contributed by atoms with van der Waals surface area (Å²) in [6.07, 6.45) is 3.52. The van der Waals surface area contributed by atoms with Crippen molar-refractivity contribution >= 4 is 22.4 Å². The van der Waals surface area contributed by atoms with E-state index < -0.39 is 0 Å². The monoisotopic (exact) mass is 352 g/mol. The van der Waals surface area contributed by atoms with Gasteiger partial charge in [-0.2, -0.15) is 0 Å². The minimum Gasteiger partial charge on any atom is -0.496 e. The van der Waals surface area contributed by atoms with Crippen LogP contribution in [0.3, 0.4) is 0 Å². The van der Waals surface area contributed by atoms with Gasteiger partial charge in [-0.25, -0.2) is 0 Å². The standard InChI is InChI=1S/C20H20N2O4/c1-13(23)22-17-7-8-18(24-2)16(20(17)25-3)12-26-19-6-4-5-14-11-21-10-9-15(14)19/h4-11H,12H2,1-3H3,(H,22,23). The molecule has 0 aliphatic rings. The lowest BCUT2D eigenvalue weighted by molar-refractivity contribution is -0.114.